The molecule has 1 unspecified atom stereocenters. The molecule has 19 heavy (non-hydrogen) atoms. The summed E-state index contributed by atoms with van der Waals surface area (Å²) in [6.45, 7) is 4.02. The maximum Gasteiger partial charge on any atom is 0.124 e. The van der Waals surface area contributed by atoms with E-state index >= 15 is 0 Å². The number of benzene rings is 2. The molecule has 0 heterocycles. The van der Waals surface area contributed by atoms with Crippen molar-refractivity contribution in [2.75, 3.05) is 7.11 Å². The smallest absolute Gasteiger partial charge is 0.124 e. The van der Waals surface area contributed by atoms with E-state index in [0.29, 0.717) is 0 Å². The Kier molecular flexibility index (Phi) is 3.86. The first-order valence-corrected chi connectivity index (χ1v) is 6.19. The molecular formula is C16H18FNO. The van der Waals surface area contributed by atoms with Crippen LogP contribution in [0.15, 0.2) is 36.4 Å². The van der Waals surface area contributed by atoms with Gasteiger partial charge in [-0.25, -0.2) is 4.39 Å². The summed E-state index contributed by atoms with van der Waals surface area (Å²) in [5.74, 6) is 0.512. The van der Waals surface area contributed by atoms with Gasteiger partial charge in [0.15, 0.2) is 0 Å². The number of halogens is 1. The molecule has 3 heteroatoms. The van der Waals surface area contributed by atoms with Crippen LogP contribution in [0.5, 0.6) is 5.75 Å². The average molecular weight is 259 g/mol. The van der Waals surface area contributed by atoms with Crippen molar-refractivity contribution in [3.05, 3.63) is 64.5 Å². The Morgan fingerprint density at radius 3 is 2.32 bits per heavy atom. The number of aryl methyl sites for hydroxylation is 2. The molecule has 2 rings (SSSR count). The van der Waals surface area contributed by atoms with Crippen molar-refractivity contribution in [3.63, 3.8) is 0 Å². The van der Waals surface area contributed by atoms with Crippen LogP contribution in [0.4, 0.5) is 4.39 Å². The van der Waals surface area contributed by atoms with E-state index in [0.717, 1.165) is 28.0 Å². The van der Waals surface area contributed by atoms with Crippen LogP contribution in [-0.2, 0) is 0 Å². The Bertz CT molecular complexity index is 578. The molecule has 2 aromatic rings. The summed E-state index contributed by atoms with van der Waals surface area (Å²) in [5.41, 5.74) is 10.3. The van der Waals surface area contributed by atoms with Gasteiger partial charge in [0, 0.05) is 5.56 Å². The SMILES string of the molecule is COc1cc(C)cc(C)c1C(N)c1ccc(F)cc1. The van der Waals surface area contributed by atoms with E-state index in [9.17, 15) is 4.39 Å². The molecule has 1 atom stereocenters. The number of nitrogens with two attached hydrogens (primary N) is 1. The number of rotatable bonds is 3. The third-order valence-corrected chi connectivity index (χ3v) is 3.25. The van der Waals surface area contributed by atoms with E-state index in [2.05, 4.69) is 6.07 Å². The summed E-state index contributed by atoms with van der Waals surface area (Å²) in [7, 11) is 1.63. The van der Waals surface area contributed by atoms with E-state index in [4.69, 9.17) is 10.5 Å². The molecule has 0 amide bonds. The third-order valence-electron chi connectivity index (χ3n) is 3.25. The highest BCUT2D eigenvalue weighted by atomic mass is 19.1. The second-order valence-electron chi connectivity index (χ2n) is 4.73. The van der Waals surface area contributed by atoms with Crippen LogP contribution < -0.4 is 10.5 Å². The summed E-state index contributed by atoms with van der Waals surface area (Å²) >= 11 is 0. The molecule has 2 N–H and O–H groups in total. The molecule has 0 spiro atoms. The van der Waals surface area contributed by atoms with Crippen molar-refractivity contribution in [3.8, 4) is 5.75 Å². The van der Waals surface area contributed by atoms with Gasteiger partial charge >= 0.3 is 0 Å². The largest absolute Gasteiger partial charge is 0.496 e. The van der Waals surface area contributed by atoms with Crippen LogP contribution in [0.1, 0.15) is 28.3 Å². The lowest BCUT2D eigenvalue weighted by molar-refractivity contribution is 0.407. The number of methoxy groups -OCH3 is 1. The van der Waals surface area contributed by atoms with Gasteiger partial charge in [-0.1, -0.05) is 18.2 Å². The second-order valence-corrected chi connectivity index (χ2v) is 4.73. The molecular weight excluding hydrogens is 241 g/mol. The standard InChI is InChI=1S/C16H18FNO/c1-10-8-11(2)15(14(9-10)19-3)16(18)12-4-6-13(17)7-5-12/h4-9,16H,18H2,1-3H3. The highest BCUT2D eigenvalue weighted by Gasteiger charge is 2.17. The third kappa shape index (κ3) is 2.76. The lowest BCUT2D eigenvalue weighted by atomic mass is 9.93. The second kappa shape index (κ2) is 5.41. The van der Waals surface area contributed by atoms with Crippen LogP contribution in [0.2, 0.25) is 0 Å². The molecule has 2 aromatic carbocycles. The predicted octanol–water partition coefficient (Wildman–Crippen LogP) is 3.50. The summed E-state index contributed by atoms with van der Waals surface area (Å²) in [6.07, 6.45) is 0. The average Bonchev–Trinajstić information content (AvgIpc) is 2.38. The Morgan fingerprint density at radius 2 is 1.74 bits per heavy atom. The van der Waals surface area contributed by atoms with Gasteiger partial charge in [0.05, 0.1) is 13.2 Å². The minimum Gasteiger partial charge on any atom is -0.496 e. The van der Waals surface area contributed by atoms with Crippen molar-refractivity contribution >= 4 is 0 Å². The van der Waals surface area contributed by atoms with Crippen LogP contribution in [0.3, 0.4) is 0 Å². The van der Waals surface area contributed by atoms with Gasteiger partial charge in [0.2, 0.25) is 0 Å². The van der Waals surface area contributed by atoms with Crippen LogP contribution in [-0.4, -0.2) is 7.11 Å². The molecule has 0 aliphatic carbocycles. The van der Waals surface area contributed by atoms with Crippen molar-refractivity contribution < 1.29 is 9.13 Å². The fourth-order valence-electron chi connectivity index (χ4n) is 2.34. The zero-order valence-corrected chi connectivity index (χ0v) is 11.4. The first-order valence-electron chi connectivity index (χ1n) is 6.19. The number of ether oxygens (including phenoxy) is 1. The lowest BCUT2D eigenvalue weighted by Gasteiger charge is -2.19. The van der Waals surface area contributed by atoms with Crippen molar-refractivity contribution in [1.82, 2.24) is 0 Å². The normalized spacial score (nSPS) is 12.3. The van der Waals surface area contributed by atoms with Gasteiger partial charge in [0.25, 0.3) is 0 Å². The summed E-state index contributed by atoms with van der Waals surface area (Å²) in [6, 6.07) is 9.97. The topological polar surface area (TPSA) is 35.2 Å². The minimum absolute atomic E-state index is 0.261. The Morgan fingerprint density at radius 1 is 1.11 bits per heavy atom. The van der Waals surface area contributed by atoms with Gasteiger partial charge in [-0.2, -0.15) is 0 Å². The zero-order chi connectivity index (χ0) is 14.0. The Balaban J connectivity index is 2.49. The molecule has 0 saturated carbocycles. The van der Waals surface area contributed by atoms with Gasteiger partial charge < -0.3 is 10.5 Å². The molecule has 0 saturated heterocycles. The molecule has 100 valence electrons. The quantitative estimate of drug-likeness (QED) is 0.915. The minimum atomic E-state index is -0.323. The van der Waals surface area contributed by atoms with E-state index in [1.54, 1.807) is 19.2 Å². The number of hydrogen-bond acceptors (Lipinski definition) is 2. The Hall–Kier alpha value is -1.87. The molecule has 0 aliphatic heterocycles. The van der Waals surface area contributed by atoms with E-state index < -0.39 is 0 Å². The predicted molar refractivity (Wildman–Crippen MR) is 74.9 cm³/mol. The van der Waals surface area contributed by atoms with Crippen LogP contribution in [0.25, 0.3) is 0 Å². The van der Waals surface area contributed by atoms with Crippen LogP contribution in [0, 0.1) is 19.7 Å². The van der Waals surface area contributed by atoms with E-state index in [1.807, 2.05) is 19.9 Å². The van der Waals surface area contributed by atoms with Gasteiger partial charge in [0.1, 0.15) is 11.6 Å². The maximum atomic E-state index is 13.0. The van der Waals surface area contributed by atoms with Gasteiger partial charge in [-0.3, -0.25) is 0 Å². The fraction of sp³-hybridized carbons (Fsp3) is 0.250. The highest BCUT2D eigenvalue weighted by Crippen LogP contribution is 2.32. The molecule has 0 aromatic heterocycles. The monoisotopic (exact) mass is 259 g/mol. The molecule has 0 aliphatic rings. The number of hydrogen-bond donors (Lipinski definition) is 1. The van der Waals surface area contributed by atoms with Gasteiger partial charge in [-0.05, 0) is 48.7 Å². The molecule has 0 fully saturated rings. The molecule has 0 radical (unpaired) electrons. The van der Waals surface area contributed by atoms with E-state index in [-0.39, 0.29) is 11.9 Å². The fourth-order valence-corrected chi connectivity index (χ4v) is 2.34. The molecule has 0 bridgehead atoms. The highest BCUT2D eigenvalue weighted by molar-refractivity contribution is 5.48. The van der Waals surface area contributed by atoms with Crippen molar-refractivity contribution in [2.24, 2.45) is 5.73 Å². The lowest BCUT2D eigenvalue weighted by Crippen LogP contribution is -2.15. The zero-order valence-electron chi connectivity index (χ0n) is 11.4. The van der Waals surface area contributed by atoms with E-state index in [1.165, 1.54) is 12.1 Å². The summed E-state index contributed by atoms with van der Waals surface area (Å²) in [5, 5.41) is 0. The van der Waals surface area contributed by atoms with Gasteiger partial charge in [-0.15, -0.1) is 0 Å². The molecule has 2 nitrogen and oxygen atoms in total. The van der Waals surface area contributed by atoms with Crippen molar-refractivity contribution in [1.29, 1.82) is 0 Å². The Labute approximate surface area is 113 Å². The van der Waals surface area contributed by atoms with Crippen molar-refractivity contribution in [2.45, 2.75) is 19.9 Å². The first kappa shape index (κ1) is 13.6. The maximum absolute atomic E-state index is 13.0. The summed E-state index contributed by atoms with van der Waals surface area (Å²) in [4.78, 5) is 0. The summed E-state index contributed by atoms with van der Waals surface area (Å²) < 4.78 is 18.4. The van der Waals surface area contributed by atoms with Crippen LogP contribution >= 0.6 is 0 Å². The first-order chi connectivity index (χ1) is 9.02.